The molecule has 0 fully saturated rings. The van der Waals surface area contributed by atoms with Gasteiger partial charge >= 0.3 is 12.0 Å². The lowest BCUT2D eigenvalue weighted by Crippen LogP contribution is -2.21. The molecule has 21 heavy (non-hydrogen) atoms. The Morgan fingerprint density at radius 1 is 0.905 bits per heavy atom. The third kappa shape index (κ3) is 3.65. The molecule has 7 heteroatoms. The minimum Gasteiger partial charge on any atom is -0.478 e. The number of halogens is 2. The molecule has 0 saturated carbocycles. The molecule has 2 aromatic rings. The van der Waals surface area contributed by atoms with Crippen LogP contribution in [-0.2, 0) is 0 Å². The third-order valence-electron chi connectivity index (χ3n) is 2.60. The second kappa shape index (κ2) is 6.47. The standard InChI is InChI=1S/C14H10Cl2N2O3/c15-9-5-1-2-7-11(9)17-14(21)18-12-8(13(19)20)4-3-6-10(12)16/h1-7H,(H,19,20)(H2,17,18,21). The van der Waals surface area contributed by atoms with Gasteiger partial charge in [-0.3, -0.25) is 0 Å². The van der Waals surface area contributed by atoms with Gasteiger partial charge in [0.2, 0.25) is 0 Å². The van der Waals surface area contributed by atoms with E-state index in [1.54, 1.807) is 24.3 Å². The average Bonchev–Trinajstić information content (AvgIpc) is 2.43. The van der Waals surface area contributed by atoms with Crippen molar-refractivity contribution < 1.29 is 14.7 Å². The number of hydrogen-bond acceptors (Lipinski definition) is 2. The van der Waals surface area contributed by atoms with Crippen molar-refractivity contribution in [1.29, 1.82) is 0 Å². The Labute approximate surface area is 130 Å². The second-order valence-electron chi connectivity index (χ2n) is 4.03. The van der Waals surface area contributed by atoms with E-state index in [0.717, 1.165) is 0 Å². The summed E-state index contributed by atoms with van der Waals surface area (Å²) in [7, 11) is 0. The predicted octanol–water partition coefficient (Wildman–Crippen LogP) is 4.34. The van der Waals surface area contributed by atoms with Gasteiger partial charge < -0.3 is 15.7 Å². The van der Waals surface area contributed by atoms with E-state index < -0.39 is 12.0 Å². The Balaban J connectivity index is 2.21. The molecule has 2 amide bonds. The molecule has 108 valence electrons. The van der Waals surface area contributed by atoms with E-state index in [2.05, 4.69) is 10.6 Å². The van der Waals surface area contributed by atoms with E-state index in [9.17, 15) is 9.59 Å². The minimum absolute atomic E-state index is 0.0243. The highest BCUT2D eigenvalue weighted by atomic mass is 35.5. The number of urea groups is 1. The maximum Gasteiger partial charge on any atom is 0.337 e. The van der Waals surface area contributed by atoms with Crippen molar-refractivity contribution in [3.05, 3.63) is 58.1 Å². The number of benzene rings is 2. The quantitative estimate of drug-likeness (QED) is 0.785. The number of amides is 2. The van der Waals surface area contributed by atoms with Gasteiger partial charge in [0.05, 0.1) is 27.0 Å². The van der Waals surface area contributed by atoms with Crippen LogP contribution >= 0.6 is 23.2 Å². The molecule has 0 aliphatic rings. The summed E-state index contributed by atoms with van der Waals surface area (Å²) in [6.07, 6.45) is 0. The Morgan fingerprint density at radius 3 is 2.24 bits per heavy atom. The summed E-state index contributed by atoms with van der Waals surface area (Å²) in [5.74, 6) is -1.19. The molecule has 0 aliphatic carbocycles. The zero-order valence-electron chi connectivity index (χ0n) is 10.6. The summed E-state index contributed by atoms with van der Waals surface area (Å²) < 4.78 is 0. The number of carboxylic acid groups (broad SMARTS) is 1. The molecule has 0 saturated heterocycles. The highest BCUT2D eigenvalue weighted by Gasteiger charge is 2.15. The number of carbonyl (C=O) groups excluding carboxylic acids is 1. The van der Waals surface area contributed by atoms with Crippen molar-refractivity contribution in [3.63, 3.8) is 0 Å². The summed E-state index contributed by atoms with van der Waals surface area (Å²) in [4.78, 5) is 23.0. The predicted molar refractivity (Wildman–Crippen MR) is 82.5 cm³/mol. The number of para-hydroxylation sites is 2. The van der Waals surface area contributed by atoms with Crippen LogP contribution in [-0.4, -0.2) is 17.1 Å². The van der Waals surface area contributed by atoms with E-state index in [-0.39, 0.29) is 16.3 Å². The van der Waals surface area contributed by atoms with Crippen molar-refractivity contribution in [2.75, 3.05) is 10.6 Å². The first kappa shape index (κ1) is 15.2. The van der Waals surface area contributed by atoms with Crippen LogP contribution in [0.3, 0.4) is 0 Å². The van der Waals surface area contributed by atoms with Gasteiger partial charge in [0.15, 0.2) is 0 Å². The molecule has 0 aromatic heterocycles. The fourth-order valence-corrected chi connectivity index (χ4v) is 2.06. The molecule has 2 rings (SSSR count). The molecule has 5 nitrogen and oxygen atoms in total. The van der Waals surface area contributed by atoms with Gasteiger partial charge in [0.1, 0.15) is 0 Å². The van der Waals surface area contributed by atoms with Crippen molar-refractivity contribution in [2.24, 2.45) is 0 Å². The molecule has 2 aromatic carbocycles. The second-order valence-corrected chi connectivity index (χ2v) is 4.84. The molecular weight excluding hydrogens is 315 g/mol. The monoisotopic (exact) mass is 324 g/mol. The van der Waals surface area contributed by atoms with Crippen molar-refractivity contribution >= 4 is 46.6 Å². The van der Waals surface area contributed by atoms with Crippen LogP contribution in [0.15, 0.2) is 42.5 Å². The number of rotatable bonds is 3. The number of aromatic carboxylic acids is 1. The number of carbonyl (C=O) groups is 2. The summed E-state index contributed by atoms with van der Waals surface area (Å²) in [5, 5.41) is 14.5. The highest BCUT2D eigenvalue weighted by molar-refractivity contribution is 6.35. The van der Waals surface area contributed by atoms with Crippen LogP contribution in [0.4, 0.5) is 16.2 Å². The Kier molecular flexibility index (Phi) is 4.67. The van der Waals surface area contributed by atoms with Crippen molar-refractivity contribution in [3.8, 4) is 0 Å². The molecular formula is C14H10Cl2N2O3. The first-order valence-corrected chi connectivity index (χ1v) is 6.59. The van der Waals surface area contributed by atoms with Crippen LogP contribution in [0.2, 0.25) is 10.0 Å². The first-order valence-electron chi connectivity index (χ1n) is 5.83. The zero-order chi connectivity index (χ0) is 15.4. The maximum absolute atomic E-state index is 11.9. The third-order valence-corrected chi connectivity index (χ3v) is 3.25. The fraction of sp³-hybridized carbons (Fsp3) is 0. The van der Waals surface area contributed by atoms with Gasteiger partial charge in [-0.2, -0.15) is 0 Å². The van der Waals surface area contributed by atoms with Crippen molar-refractivity contribution in [2.45, 2.75) is 0 Å². The topological polar surface area (TPSA) is 78.4 Å². The summed E-state index contributed by atoms with van der Waals surface area (Å²) in [6, 6.07) is 10.4. The maximum atomic E-state index is 11.9. The van der Waals surface area contributed by atoms with Crippen LogP contribution in [0, 0.1) is 0 Å². The lowest BCUT2D eigenvalue weighted by Gasteiger charge is -2.12. The van der Waals surface area contributed by atoms with E-state index in [1.807, 2.05) is 0 Å². The normalized spacial score (nSPS) is 10.0. The van der Waals surface area contributed by atoms with Gasteiger partial charge in [0.25, 0.3) is 0 Å². The number of hydrogen-bond donors (Lipinski definition) is 3. The summed E-state index contributed by atoms with van der Waals surface area (Å²) >= 11 is 11.8. The lowest BCUT2D eigenvalue weighted by molar-refractivity contribution is 0.0698. The molecule has 0 heterocycles. The van der Waals surface area contributed by atoms with E-state index in [1.165, 1.54) is 18.2 Å². The number of nitrogens with one attached hydrogen (secondary N) is 2. The SMILES string of the molecule is O=C(Nc1ccccc1Cl)Nc1c(Cl)cccc1C(=O)O. The molecule has 0 unspecified atom stereocenters. The van der Waals surface area contributed by atoms with Crippen LogP contribution in [0.1, 0.15) is 10.4 Å². The first-order chi connectivity index (χ1) is 9.99. The lowest BCUT2D eigenvalue weighted by atomic mass is 10.2. The minimum atomic E-state index is -1.19. The smallest absolute Gasteiger partial charge is 0.337 e. The van der Waals surface area contributed by atoms with E-state index >= 15 is 0 Å². The van der Waals surface area contributed by atoms with Crippen LogP contribution in [0.25, 0.3) is 0 Å². The summed E-state index contributed by atoms with van der Waals surface area (Å²) in [6.45, 7) is 0. The number of carboxylic acids is 1. The fourth-order valence-electron chi connectivity index (χ4n) is 1.66. The number of anilines is 2. The largest absolute Gasteiger partial charge is 0.478 e. The van der Waals surface area contributed by atoms with Gasteiger partial charge in [-0.1, -0.05) is 41.4 Å². The van der Waals surface area contributed by atoms with Gasteiger partial charge in [-0.05, 0) is 24.3 Å². The molecule has 0 atom stereocenters. The van der Waals surface area contributed by atoms with Gasteiger partial charge in [-0.15, -0.1) is 0 Å². The Hall–Kier alpha value is -2.24. The van der Waals surface area contributed by atoms with Gasteiger partial charge in [0, 0.05) is 0 Å². The zero-order valence-corrected chi connectivity index (χ0v) is 12.1. The molecule has 3 N–H and O–H groups in total. The molecule has 0 spiro atoms. The van der Waals surface area contributed by atoms with Gasteiger partial charge in [-0.25, -0.2) is 9.59 Å². The molecule has 0 radical (unpaired) electrons. The highest BCUT2D eigenvalue weighted by Crippen LogP contribution is 2.27. The van der Waals surface area contributed by atoms with Crippen LogP contribution < -0.4 is 10.6 Å². The summed E-state index contributed by atoms with van der Waals surface area (Å²) in [5.41, 5.74) is 0.327. The molecule has 0 bridgehead atoms. The van der Waals surface area contributed by atoms with E-state index in [0.29, 0.717) is 10.7 Å². The Morgan fingerprint density at radius 2 is 1.57 bits per heavy atom. The van der Waals surface area contributed by atoms with E-state index in [4.69, 9.17) is 28.3 Å². The molecule has 0 aliphatic heterocycles. The van der Waals surface area contributed by atoms with Crippen LogP contribution in [0.5, 0.6) is 0 Å². The van der Waals surface area contributed by atoms with Crippen molar-refractivity contribution in [1.82, 2.24) is 0 Å². The average molecular weight is 325 g/mol. The Bertz CT molecular complexity index is 704.